The normalized spacial score (nSPS) is 15.0. The van der Waals surface area contributed by atoms with Crippen LogP contribution in [0.2, 0.25) is 0 Å². The fourth-order valence-electron chi connectivity index (χ4n) is 3.11. The van der Waals surface area contributed by atoms with Crippen LogP contribution in [0, 0.1) is 0 Å². The van der Waals surface area contributed by atoms with E-state index in [1.54, 1.807) is 15.9 Å². The third-order valence-electron chi connectivity index (χ3n) is 4.26. The fourth-order valence-corrected chi connectivity index (χ4v) is 5.47. The molecule has 1 amide bonds. The van der Waals surface area contributed by atoms with Crippen molar-refractivity contribution >= 4 is 39.2 Å². The van der Waals surface area contributed by atoms with Crippen LogP contribution in [-0.2, 0) is 17.6 Å². The van der Waals surface area contributed by atoms with E-state index in [2.05, 4.69) is 5.32 Å². The minimum absolute atomic E-state index is 0.00953. The summed E-state index contributed by atoms with van der Waals surface area (Å²) in [4.78, 5) is 32.1. The predicted octanol–water partition coefficient (Wildman–Crippen LogP) is 3.14. The molecule has 0 radical (unpaired) electrons. The Bertz CT molecular complexity index is 838. The highest BCUT2D eigenvalue weighted by atomic mass is 32.2. The predicted molar refractivity (Wildman–Crippen MR) is 100 cm³/mol. The van der Waals surface area contributed by atoms with Crippen LogP contribution in [0.15, 0.2) is 9.95 Å². The Labute approximate surface area is 149 Å². The molecule has 7 heteroatoms. The molecule has 0 bridgehead atoms. The zero-order chi connectivity index (χ0) is 17.4. The number of carbonyl (C=O) groups is 1. The summed E-state index contributed by atoms with van der Waals surface area (Å²) in [5, 5.41) is 3.98. The first kappa shape index (κ1) is 17.5. The van der Waals surface area contributed by atoms with Gasteiger partial charge >= 0.3 is 0 Å². The monoisotopic (exact) mass is 365 g/mol. The largest absolute Gasteiger partial charge is 0.355 e. The van der Waals surface area contributed by atoms with E-state index in [9.17, 15) is 9.59 Å². The number of nitrogens with zero attached hydrogens (tertiary/aromatic N) is 2. The van der Waals surface area contributed by atoms with Crippen LogP contribution in [0.5, 0.6) is 0 Å². The van der Waals surface area contributed by atoms with Gasteiger partial charge in [0.05, 0.1) is 10.6 Å². The lowest BCUT2D eigenvalue weighted by molar-refractivity contribution is -0.120. The summed E-state index contributed by atoms with van der Waals surface area (Å²) in [5.74, 6) is -0.0270. The van der Waals surface area contributed by atoms with E-state index in [1.165, 1.54) is 22.2 Å². The van der Waals surface area contributed by atoms with Gasteiger partial charge in [0.25, 0.3) is 5.56 Å². The number of fused-ring (bicyclic) bond motifs is 3. The number of amides is 1. The van der Waals surface area contributed by atoms with Crippen molar-refractivity contribution in [3.05, 3.63) is 20.8 Å². The Morgan fingerprint density at radius 3 is 2.79 bits per heavy atom. The van der Waals surface area contributed by atoms with Crippen LogP contribution in [-0.4, -0.2) is 27.3 Å². The van der Waals surface area contributed by atoms with Gasteiger partial charge in [0.1, 0.15) is 4.83 Å². The lowest BCUT2D eigenvalue weighted by Gasteiger charge is -2.17. The van der Waals surface area contributed by atoms with E-state index in [0.29, 0.717) is 11.7 Å². The third-order valence-corrected chi connectivity index (χ3v) is 6.51. The van der Waals surface area contributed by atoms with E-state index in [-0.39, 0.29) is 22.8 Å². The molecule has 5 nitrogen and oxygen atoms in total. The quantitative estimate of drug-likeness (QED) is 0.653. The van der Waals surface area contributed by atoms with Crippen molar-refractivity contribution in [1.82, 2.24) is 14.9 Å². The van der Waals surface area contributed by atoms with Gasteiger partial charge in [-0.05, 0) is 52.5 Å². The number of nitrogens with one attached hydrogen (secondary N) is 1. The number of thioether (sulfide) groups is 1. The second-order valence-corrected chi connectivity index (χ2v) is 8.75. The Kier molecular flexibility index (Phi) is 5.01. The van der Waals surface area contributed by atoms with Crippen LogP contribution in [0.4, 0.5) is 0 Å². The van der Waals surface area contributed by atoms with Crippen molar-refractivity contribution in [1.29, 1.82) is 0 Å². The molecule has 0 spiro atoms. The molecule has 2 heterocycles. The Morgan fingerprint density at radius 2 is 2.12 bits per heavy atom. The number of carbonyl (C=O) groups excluding carboxylic acids is 1. The highest BCUT2D eigenvalue weighted by Gasteiger charge is 2.25. The standard InChI is InChI=1S/C17H23N3O2S2/c1-5-18-14(21)10(4)23-17-19-15-13(16(22)20(17)9(2)3)11-7-6-8-12(11)24-15/h9-10H,5-8H2,1-4H3,(H,18,21). The molecule has 0 saturated carbocycles. The second kappa shape index (κ2) is 6.88. The van der Waals surface area contributed by atoms with Crippen LogP contribution < -0.4 is 10.9 Å². The summed E-state index contributed by atoms with van der Waals surface area (Å²) in [6, 6.07) is 0.00953. The lowest BCUT2D eigenvalue weighted by Crippen LogP contribution is -2.32. The molecule has 0 aromatic carbocycles. The van der Waals surface area contributed by atoms with Crippen LogP contribution in [0.3, 0.4) is 0 Å². The maximum Gasteiger partial charge on any atom is 0.263 e. The Hall–Kier alpha value is -1.34. The highest BCUT2D eigenvalue weighted by molar-refractivity contribution is 8.00. The molecule has 0 saturated heterocycles. The van der Waals surface area contributed by atoms with Crippen LogP contribution in [0.1, 0.15) is 50.6 Å². The molecule has 0 aliphatic heterocycles. The van der Waals surface area contributed by atoms with Gasteiger partial charge in [0, 0.05) is 17.5 Å². The molecule has 1 N–H and O–H groups in total. The van der Waals surface area contributed by atoms with Crippen molar-refractivity contribution < 1.29 is 4.79 Å². The van der Waals surface area contributed by atoms with Gasteiger partial charge in [0.15, 0.2) is 5.16 Å². The topological polar surface area (TPSA) is 64.0 Å². The van der Waals surface area contributed by atoms with Gasteiger partial charge in [-0.1, -0.05) is 11.8 Å². The summed E-state index contributed by atoms with van der Waals surface area (Å²) in [6.07, 6.45) is 3.16. The molecule has 1 aliphatic rings. The number of thiophene rings is 1. The van der Waals surface area contributed by atoms with Crippen LogP contribution >= 0.6 is 23.1 Å². The molecule has 2 aromatic rings. The number of aromatic nitrogens is 2. The summed E-state index contributed by atoms with van der Waals surface area (Å²) in [7, 11) is 0. The SMILES string of the molecule is CCNC(=O)C(C)Sc1nc2sc3c(c2c(=O)n1C(C)C)CCC3. The maximum atomic E-state index is 13.1. The smallest absolute Gasteiger partial charge is 0.263 e. The summed E-state index contributed by atoms with van der Waals surface area (Å²) in [5.41, 5.74) is 1.25. The first-order valence-electron chi connectivity index (χ1n) is 8.45. The van der Waals surface area contributed by atoms with E-state index >= 15 is 0 Å². The highest BCUT2D eigenvalue weighted by Crippen LogP contribution is 2.36. The molecule has 1 unspecified atom stereocenters. The van der Waals surface area contributed by atoms with Gasteiger partial charge in [-0.25, -0.2) is 4.98 Å². The summed E-state index contributed by atoms with van der Waals surface area (Å²) >= 11 is 3.01. The summed E-state index contributed by atoms with van der Waals surface area (Å²) < 4.78 is 1.74. The molecule has 24 heavy (non-hydrogen) atoms. The molecule has 1 atom stereocenters. The third kappa shape index (κ3) is 2.99. The molecule has 2 aromatic heterocycles. The number of aryl methyl sites for hydroxylation is 2. The zero-order valence-electron chi connectivity index (χ0n) is 14.5. The summed E-state index contributed by atoms with van der Waals surface area (Å²) in [6.45, 7) is 8.33. The van der Waals surface area contributed by atoms with Crippen molar-refractivity contribution in [2.45, 2.75) is 63.4 Å². The Balaban J connectivity index is 2.09. The van der Waals surface area contributed by atoms with E-state index in [0.717, 1.165) is 29.5 Å². The van der Waals surface area contributed by atoms with Gasteiger partial charge < -0.3 is 5.32 Å². The maximum absolute atomic E-state index is 13.1. The van der Waals surface area contributed by atoms with Crippen molar-refractivity contribution in [2.75, 3.05) is 6.54 Å². The van der Waals surface area contributed by atoms with Gasteiger partial charge in [-0.2, -0.15) is 0 Å². The number of hydrogen-bond donors (Lipinski definition) is 1. The average molecular weight is 366 g/mol. The fraction of sp³-hybridized carbons (Fsp3) is 0.588. The first-order chi connectivity index (χ1) is 11.4. The van der Waals surface area contributed by atoms with Crippen LogP contribution in [0.25, 0.3) is 10.2 Å². The molecule has 0 fully saturated rings. The second-order valence-electron chi connectivity index (χ2n) is 6.36. The minimum atomic E-state index is -0.286. The molecule has 3 rings (SSSR count). The van der Waals surface area contributed by atoms with Crippen molar-refractivity contribution in [3.63, 3.8) is 0 Å². The van der Waals surface area contributed by atoms with Gasteiger partial charge in [0.2, 0.25) is 5.91 Å². The zero-order valence-corrected chi connectivity index (χ0v) is 16.1. The molecular formula is C17H23N3O2S2. The molecule has 130 valence electrons. The Morgan fingerprint density at radius 1 is 1.38 bits per heavy atom. The lowest BCUT2D eigenvalue weighted by atomic mass is 10.2. The number of hydrogen-bond acceptors (Lipinski definition) is 5. The molecular weight excluding hydrogens is 342 g/mol. The van der Waals surface area contributed by atoms with Crippen molar-refractivity contribution in [3.8, 4) is 0 Å². The molecule has 1 aliphatic carbocycles. The first-order valence-corrected chi connectivity index (χ1v) is 10.1. The minimum Gasteiger partial charge on any atom is -0.355 e. The van der Waals surface area contributed by atoms with Gasteiger partial charge in [-0.3, -0.25) is 14.2 Å². The van der Waals surface area contributed by atoms with Gasteiger partial charge in [-0.15, -0.1) is 11.3 Å². The number of rotatable bonds is 5. The van der Waals surface area contributed by atoms with E-state index < -0.39 is 0 Å². The van der Waals surface area contributed by atoms with E-state index in [1.807, 2.05) is 27.7 Å². The van der Waals surface area contributed by atoms with Crippen molar-refractivity contribution in [2.24, 2.45) is 0 Å². The van der Waals surface area contributed by atoms with E-state index in [4.69, 9.17) is 4.98 Å². The average Bonchev–Trinajstić information content (AvgIpc) is 3.07.